The van der Waals surface area contributed by atoms with Gasteiger partial charge >= 0.3 is 0 Å². The van der Waals surface area contributed by atoms with Crippen molar-refractivity contribution >= 4 is 140 Å². The van der Waals surface area contributed by atoms with Gasteiger partial charge in [0.15, 0.2) is 17.5 Å². The lowest BCUT2D eigenvalue weighted by molar-refractivity contribution is -0.150. The van der Waals surface area contributed by atoms with Crippen LogP contribution in [0, 0.1) is 23.2 Å². The van der Waals surface area contributed by atoms with Gasteiger partial charge in [-0.3, -0.25) is 86.9 Å². The van der Waals surface area contributed by atoms with E-state index in [1.165, 1.54) is 57.5 Å². The van der Waals surface area contributed by atoms with Crippen LogP contribution < -0.4 is 69.8 Å². The Morgan fingerprint density at radius 1 is 0.584 bits per heavy atom. The number of hydrogen-bond acceptors (Lipinski definition) is 23. The number of fused-ring (bicyclic) bond motifs is 4. The number of likely N-dealkylation sites (N-methyl/N-ethyl adjacent to an activating group) is 3. The van der Waals surface area contributed by atoms with Crippen LogP contribution in [0.2, 0.25) is 0 Å². The number of carbonyl (C=O) groups is 17. The highest BCUT2D eigenvalue weighted by atomic mass is 32.2. The first-order valence-electron chi connectivity index (χ1n) is 46.4. The molecule has 0 bridgehead atoms. The van der Waals surface area contributed by atoms with Gasteiger partial charge in [-0.2, -0.15) is 0 Å². The van der Waals surface area contributed by atoms with Crippen LogP contribution in [0.25, 0.3) is 21.8 Å². The highest BCUT2D eigenvalue weighted by Crippen LogP contribution is 2.32. The van der Waals surface area contributed by atoms with E-state index in [9.17, 15) is 48.6 Å². The number of hydrogen-bond donors (Lipinski definition) is 18. The van der Waals surface area contributed by atoms with Crippen LogP contribution in [-0.4, -0.2) is 312 Å². The summed E-state index contributed by atoms with van der Waals surface area (Å²) in [5.74, 6) is -18.9. The summed E-state index contributed by atoms with van der Waals surface area (Å²) >= 11 is 0.785. The average molecular weight is 1920 g/mol. The molecule has 6 aromatic rings. The van der Waals surface area contributed by atoms with Gasteiger partial charge in [-0.15, -0.1) is 11.8 Å². The Hall–Kier alpha value is -13.3. The van der Waals surface area contributed by atoms with Crippen molar-refractivity contribution in [3.63, 3.8) is 0 Å². The molecule has 0 spiro atoms. The number of aliphatic hydroxyl groups is 2. The number of thioether (sulfide) groups is 1. The van der Waals surface area contributed by atoms with Crippen LogP contribution in [-0.2, 0) is 107 Å². The Labute approximate surface area is 798 Å². The first-order chi connectivity index (χ1) is 65.3. The summed E-state index contributed by atoms with van der Waals surface area (Å²) in [7, 11) is 5.45. The second-order valence-corrected chi connectivity index (χ2v) is 36.8. The maximum atomic E-state index is 15.8. The zero-order chi connectivity index (χ0) is 100. The predicted molar refractivity (Wildman–Crippen MR) is 507 cm³/mol. The van der Waals surface area contributed by atoms with Gasteiger partial charge in [0.25, 0.3) is 0 Å². The van der Waals surface area contributed by atoms with Crippen LogP contribution in [0.5, 0.6) is 5.75 Å². The molecule has 0 saturated carbocycles. The Bertz CT molecular complexity index is 5260. The molecule has 15 atom stereocenters. The molecule has 42 nitrogen and oxygen atoms in total. The molecule has 9 rings (SSSR count). The van der Waals surface area contributed by atoms with Gasteiger partial charge in [0, 0.05) is 137 Å². The van der Waals surface area contributed by atoms with E-state index in [0.717, 1.165) is 26.5 Å². The smallest absolute Gasteiger partial charge is 0.246 e. The number of ether oxygens (including phenoxy) is 1. The van der Waals surface area contributed by atoms with Crippen LogP contribution in [0.3, 0.4) is 0 Å². The minimum Gasteiger partial charge on any atom is -0.497 e. The number of methoxy groups -OCH3 is 1. The molecule has 137 heavy (non-hydrogen) atoms. The number of guanidine groups is 1. The van der Waals surface area contributed by atoms with Gasteiger partial charge in [0.05, 0.1) is 50.9 Å². The quantitative estimate of drug-likeness (QED) is 0.0176. The number of ketones is 2. The molecule has 0 unspecified atom stereocenters. The van der Waals surface area contributed by atoms with Crippen LogP contribution in [0.1, 0.15) is 153 Å². The zero-order valence-corrected chi connectivity index (χ0v) is 79.7. The normalized spacial score (nSPS) is 24.7. The fourth-order valence-corrected chi connectivity index (χ4v) is 18.3. The van der Waals surface area contributed by atoms with Gasteiger partial charge in [-0.05, 0) is 112 Å². The van der Waals surface area contributed by atoms with Crippen LogP contribution in [0.15, 0.2) is 97.7 Å². The van der Waals surface area contributed by atoms with E-state index in [2.05, 4.69) is 67.8 Å². The van der Waals surface area contributed by atoms with Crippen molar-refractivity contribution < 1.29 is 96.5 Å². The molecule has 43 heteroatoms. The number of imidazole rings is 1. The molecule has 3 aliphatic rings. The van der Waals surface area contributed by atoms with E-state index < -0.39 is 247 Å². The molecule has 6 heterocycles. The third kappa shape index (κ3) is 30.1. The van der Waals surface area contributed by atoms with Gasteiger partial charge in [0.2, 0.25) is 88.6 Å². The molecule has 3 aromatic heterocycles. The summed E-state index contributed by atoms with van der Waals surface area (Å²) in [6.07, 6.45) is 3.20. The maximum absolute atomic E-state index is 15.8. The highest BCUT2D eigenvalue weighted by Gasteiger charge is 2.47. The Morgan fingerprint density at radius 2 is 1.18 bits per heavy atom. The number of amides is 15. The largest absolute Gasteiger partial charge is 0.497 e. The predicted octanol–water partition coefficient (Wildman–Crippen LogP) is -0.445. The van der Waals surface area contributed by atoms with Crippen molar-refractivity contribution in [1.82, 2.24) is 92.3 Å². The average Bonchev–Trinajstić information content (AvgIpc) is 1.80. The summed E-state index contributed by atoms with van der Waals surface area (Å²) in [5, 5.41) is 56.0. The number of carbonyl (C=O) groups excluding carboxylic acids is 17. The van der Waals surface area contributed by atoms with Crippen molar-refractivity contribution in [3.8, 4) is 5.75 Å². The fraction of sp³-hybridized carbons (Fsp3) is 0.543. The number of nitrogens with one attached hydrogen (secondary N) is 13. The third-order valence-electron chi connectivity index (χ3n) is 25.1. The van der Waals surface area contributed by atoms with Gasteiger partial charge in [-0.25, -0.2) is 4.98 Å². The van der Waals surface area contributed by atoms with E-state index in [1.54, 1.807) is 86.9 Å². The lowest BCUT2D eigenvalue weighted by Gasteiger charge is -2.36. The summed E-state index contributed by atoms with van der Waals surface area (Å²) in [6, 6.07) is 2.67. The second-order valence-electron chi connectivity index (χ2n) is 35.8. The van der Waals surface area contributed by atoms with Crippen molar-refractivity contribution in [2.24, 2.45) is 35.0 Å². The van der Waals surface area contributed by atoms with Gasteiger partial charge < -0.3 is 119 Å². The molecule has 3 fully saturated rings. The number of aromatic nitrogens is 4. The topological polar surface area (TPSA) is 627 Å². The summed E-state index contributed by atoms with van der Waals surface area (Å²) in [5.41, 5.74) is 20.2. The van der Waals surface area contributed by atoms with Gasteiger partial charge in [0.1, 0.15) is 72.2 Å². The fourth-order valence-electron chi connectivity index (χ4n) is 17.5. The number of aliphatic hydroxyl groups excluding tert-OH is 2. The first kappa shape index (κ1) is 107. The van der Waals surface area contributed by atoms with Crippen LogP contribution >= 0.6 is 11.8 Å². The molecule has 0 radical (unpaired) electrons. The summed E-state index contributed by atoms with van der Waals surface area (Å²) in [6.45, 7) is 6.29. The molecular weight excluding hydrogens is 1790 g/mol. The van der Waals surface area contributed by atoms with Crippen LogP contribution in [0.4, 0.5) is 0 Å². The molecule has 0 aliphatic carbocycles. The minimum atomic E-state index is -1.77. The maximum Gasteiger partial charge on any atom is 0.246 e. The van der Waals surface area contributed by atoms with Crippen molar-refractivity contribution in [1.29, 1.82) is 5.41 Å². The number of benzene rings is 3. The molecule has 744 valence electrons. The first-order valence-corrected chi connectivity index (χ1v) is 47.6. The zero-order valence-electron chi connectivity index (χ0n) is 78.9. The molecule has 3 aliphatic heterocycles. The number of para-hydroxylation sites is 2. The number of H-pyrrole nitrogens is 3. The molecule has 21 N–H and O–H groups in total. The minimum absolute atomic E-state index is 0.000251. The Kier molecular flexibility index (Phi) is 40.4. The van der Waals surface area contributed by atoms with E-state index in [0.29, 0.717) is 75.6 Å². The number of rotatable bonds is 27. The second kappa shape index (κ2) is 51.6. The molecule has 3 saturated heterocycles. The lowest BCUT2D eigenvalue weighted by Crippen LogP contribution is -2.60. The SMILES string of the molecule is CCCC[C@H]1C(=O)N(C)[C@@H](CCCC)C(=O)N[C@@H](CCCNC(=N)N)C(=O)N[C@H](C(=O)NCC(N)=O)CSCC(=O)N[C@@H](Cc2ccc(OC)cc2)C(=O)N(C)[C@@H](C)C(=O)N[C@@H](CC(N)=O)C(=O)N2CCC[C@H]2C(=O)N[C@@H](Cc2cnc[nH]2)C(=O)N[C@@H](CC(C)C)C(=O)N2C[C@H](O)C[C@H]2C(=O)C[C@@H](Cc2c[nH]c3ccccc23)C(=O)N[C@@H](CO)C(=O)C[C@@H](Cc2c[nH]c3ccccc23)C(=O)N1C. The summed E-state index contributed by atoms with van der Waals surface area (Å²) in [4.78, 5) is 271. The standard InChI is InChI=1S/C94H132N22O20S/c1-10-12-25-73-87(129)106-66(24-18-32-100-94(97)98)85(127)111-72(84(126)103-46-80(96)122)49-137-50-81(123)105-69(35-54-28-30-61(136-9)31-29-54)90(132)112(6)53(5)82(124)108-70(42-79(95)121)91(133)115-33-19-27-74(115)88(130)107-67(40-59-45-99-51-104-59)86(128)109-68(34-52(3)4)92(134)116-47-60(118)41-76(116)78(120)38-55(36-57-43-101-64-22-16-14-20-62(57)64)83(125)110-71(48-117)77(119)39-56(37-58-44-102-65-23-17-15-21-63(58)65)89(131)114(8)75(26-13-11-2)93(135)113(73)7/h14-17,20-23,28-31,43-45,51-53,55-56,60,66-76,101-102,117-118H,10-13,18-19,24-27,32-42,46-50H2,1-9H3,(H2,95,121)(H2,96,122)(H,99,104)(H,103,126)(H,105,123)(H,106,129)(H,107,130)(H,108,124)(H,109,128)(H,110,125)(H,111,127)(H4,97,98,100)/t53-,55+,56+,60+,66-,67-,68-,69-,70-,71-,72-,73-,74-,75-,76-/m0/s1. The van der Waals surface area contributed by atoms with E-state index in [-0.39, 0.29) is 96.1 Å². The summed E-state index contributed by atoms with van der Waals surface area (Å²) < 4.78 is 5.36. The number of primary amides is 2. The molecular formula is C94H132N22O20S. The lowest BCUT2D eigenvalue weighted by atomic mass is 9.88. The molecule has 3 aromatic carbocycles. The number of Topliss-reactive ketones (excluding diaryl/α,β-unsaturated/α-hetero) is 2. The Morgan fingerprint density at radius 3 is 1.78 bits per heavy atom. The van der Waals surface area contributed by atoms with E-state index >= 15 is 43.2 Å². The highest BCUT2D eigenvalue weighted by molar-refractivity contribution is 8.00. The molecule has 15 amide bonds. The number of nitrogens with two attached hydrogens (primary N) is 3. The van der Waals surface area contributed by atoms with E-state index in [4.69, 9.17) is 27.3 Å². The van der Waals surface area contributed by atoms with Crippen molar-refractivity contribution in [2.75, 3.05) is 72.5 Å². The van der Waals surface area contributed by atoms with Crippen molar-refractivity contribution in [3.05, 3.63) is 120 Å². The third-order valence-corrected chi connectivity index (χ3v) is 26.2. The van der Waals surface area contributed by atoms with E-state index in [1.807, 2.05) is 26.0 Å². The Balaban J connectivity index is 1.10. The number of unbranched alkanes of at least 4 members (excludes halogenated alkanes) is 2. The van der Waals surface area contributed by atoms with Gasteiger partial charge in [-0.1, -0.05) is 102 Å². The monoisotopic (exact) mass is 1920 g/mol. The number of aromatic amines is 3. The number of nitrogens with zero attached hydrogens (tertiary/aromatic N) is 6. The van der Waals surface area contributed by atoms with Crippen molar-refractivity contribution in [2.45, 2.75) is 235 Å².